The molecule has 3 nitrogen and oxygen atoms in total. The van der Waals surface area contributed by atoms with Crippen LogP contribution in [0.15, 0.2) is 29.2 Å². The summed E-state index contributed by atoms with van der Waals surface area (Å²) in [5.74, 6) is 0.701. The summed E-state index contributed by atoms with van der Waals surface area (Å²) in [7, 11) is 0. The van der Waals surface area contributed by atoms with E-state index in [-0.39, 0.29) is 12.3 Å². The number of aryl methyl sites for hydroxylation is 3. The van der Waals surface area contributed by atoms with Gasteiger partial charge >= 0.3 is 0 Å². The predicted molar refractivity (Wildman–Crippen MR) is 102 cm³/mol. The van der Waals surface area contributed by atoms with Gasteiger partial charge < -0.3 is 5.32 Å². The Bertz CT molecular complexity index is 727. The number of thioether (sulfide) groups is 1. The van der Waals surface area contributed by atoms with Crippen molar-refractivity contribution in [2.24, 2.45) is 0 Å². The summed E-state index contributed by atoms with van der Waals surface area (Å²) in [5.41, 5.74) is 3.87. The smallest absolute Gasteiger partial charge is 0.224 e. The average molecular weight is 383 g/mol. The monoisotopic (exact) mass is 382 g/mol. The maximum atomic E-state index is 12.0. The molecule has 0 aliphatic heterocycles. The standard InChI is InChI=1S/C18H20Cl2N2OS/c1-11-4-5-14(8-12(11)2)24-7-6-21-17(23)10-15-16(19)9-13(3)22-18(15)20/h4-5,8-9H,6-7,10H2,1-3H3,(H,21,23). The number of pyridine rings is 1. The lowest BCUT2D eigenvalue weighted by Crippen LogP contribution is -2.27. The molecule has 0 saturated heterocycles. The summed E-state index contributed by atoms with van der Waals surface area (Å²) in [4.78, 5) is 17.4. The highest BCUT2D eigenvalue weighted by atomic mass is 35.5. The van der Waals surface area contributed by atoms with Crippen LogP contribution in [0.2, 0.25) is 10.2 Å². The second-order valence-electron chi connectivity index (χ2n) is 5.64. The van der Waals surface area contributed by atoms with Gasteiger partial charge in [-0.3, -0.25) is 4.79 Å². The maximum absolute atomic E-state index is 12.0. The van der Waals surface area contributed by atoms with Gasteiger partial charge in [-0.1, -0.05) is 29.3 Å². The molecule has 1 amide bonds. The molecule has 1 heterocycles. The van der Waals surface area contributed by atoms with Crippen molar-refractivity contribution in [3.63, 3.8) is 0 Å². The maximum Gasteiger partial charge on any atom is 0.224 e. The zero-order valence-corrected chi connectivity index (χ0v) is 16.3. The highest BCUT2D eigenvalue weighted by molar-refractivity contribution is 7.99. The van der Waals surface area contributed by atoms with E-state index in [1.165, 1.54) is 16.0 Å². The van der Waals surface area contributed by atoms with Crippen LogP contribution < -0.4 is 5.32 Å². The fourth-order valence-corrected chi connectivity index (χ4v) is 3.70. The van der Waals surface area contributed by atoms with E-state index in [9.17, 15) is 4.79 Å². The summed E-state index contributed by atoms with van der Waals surface area (Å²) < 4.78 is 0. The zero-order valence-electron chi connectivity index (χ0n) is 14.0. The molecule has 2 aromatic rings. The van der Waals surface area contributed by atoms with E-state index in [2.05, 4.69) is 42.3 Å². The van der Waals surface area contributed by atoms with Crippen LogP contribution in [-0.2, 0) is 11.2 Å². The minimum Gasteiger partial charge on any atom is -0.355 e. The number of nitrogens with one attached hydrogen (secondary N) is 1. The van der Waals surface area contributed by atoms with E-state index in [0.29, 0.717) is 22.3 Å². The number of rotatable bonds is 6. The van der Waals surface area contributed by atoms with Gasteiger partial charge in [-0.25, -0.2) is 4.98 Å². The zero-order chi connectivity index (χ0) is 17.7. The number of hydrogen-bond acceptors (Lipinski definition) is 3. The molecule has 6 heteroatoms. The Morgan fingerprint density at radius 2 is 1.92 bits per heavy atom. The number of hydrogen-bond donors (Lipinski definition) is 1. The van der Waals surface area contributed by atoms with Gasteiger partial charge in [-0.2, -0.15) is 0 Å². The lowest BCUT2D eigenvalue weighted by atomic mass is 10.1. The van der Waals surface area contributed by atoms with Gasteiger partial charge in [0.05, 0.1) is 6.42 Å². The lowest BCUT2D eigenvalue weighted by molar-refractivity contribution is -0.120. The van der Waals surface area contributed by atoms with Crippen molar-refractivity contribution < 1.29 is 4.79 Å². The highest BCUT2D eigenvalue weighted by Crippen LogP contribution is 2.24. The molecule has 0 aliphatic rings. The molecule has 0 bridgehead atoms. The Hall–Kier alpha value is -1.23. The molecule has 0 aliphatic carbocycles. The first-order valence-electron chi connectivity index (χ1n) is 7.65. The molecule has 1 aromatic carbocycles. The van der Waals surface area contributed by atoms with Gasteiger partial charge in [0.25, 0.3) is 0 Å². The molecule has 0 unspecified atom stereocenters. The van der Waals surface area contributed by atoms with Crippen molar-refractivity contribution in [1.29, 1.82) is 0 Å². The van der Waals surface area contributed by atoms with Gasteiger partial charge in [0.2, 0.25) is 5.91 Å². The van der Waals surface area contributed by atoms with Crippen LogP contribution in [0.3, 0.4) is 0 Å². The molecule has 0 atom stereocenters. The Morgan fingerprint density at radius 1 is 1.17 bits per heavy atom. The minimum atomic E-state index is -0.106. The molecule has 0 spiro atoms. The molecular weight excluding hydrogens is 363 g/mol. The average Bonchev–Trinajstić information content (AvgIpc) is 2.51. The van der Waals surface area contributed by atoms with E-state index < -0.39 is 0 Å². The molecular formula is C18H20Cl2N2OS. The number of aromatic nitrogens is 1. The Labute approximate surface area is 157 Å². The van der Waals surface area contributed by atoms with Crippen LogP contribution in [0.25, 0.3) is 0 Å². The van der Waals surface area contributed by atoms with Gasteiger partial charge in [0.1, 0.15) is 5.15 Å². The van der Waals surface area contributed by atoms with Crippen LogP contribution in [0.5, 0.6) is 0 Å². The van der Waals surface area contributed by atoms with E-state index in [4.69, 9.17) is 23.2 Å². The number of halogens is 2. The fraction of sp³-hybridized carbons (Fsp3) is 0.333. The van der Waals surface area contributed by atoms with Crippen molar-refractivity contribution in [1.82, 2.24) is 10.3 Å². The van der Waals surface area contributed by atoms with Crippen molar-refractivity contribution in [3.8, 4) is 0 Å². The van der Waals surface area contributed by atoms with Crippen LogP contribution >= 0.6 is 35.0 Å². The molecule has 128 valence electrons. The first-order chi connectivity index (χ1) is 11.4. The summed E-state index contributed by atoms with van der Waals surface area (Å²) in [6.45, 7) is 6.60. The number of carbonyl (C=O) groups excluding carboxylic acids is 1. The second-order valence-corrected chi connectivity index (χ2v) is 7.57. The summed E-state index contributed by atoms with van der Waals surface area (Å²) in [6.07, 6.45) is 0.138. The third-order valence-corrected chi connectivity index (χ3v) is 5.30. The van der Waals surface area contributed by atoms with Crippen LogP contribution in [-0.4, -0.2) is 23.2 Å². The fourth-order valence-electron chi connectivity index (χ4n) is 2.17. The number of benzene rings is 1. The largest absolute Gasteiger partial charge is 0.355 e. The van der Waals surface area contributed by atoms with Crippen molar-refractivity contribution in [2.45, 2.75) is 32.1 Å². The van der Waals surface area contributed by atoms with Gasteiger partial charge in [0.15, 0.2) is 0 Å². The Balaban J connectivity index is 1.80. The van der Waals surface area contributed by atoms with Crippen molar-refractivity contribution >= 4 is 40.9 Å². The topological polar surface area (TPSA) is 42.0 Å². The van der Waals surface area contributed by atoms with E-state index in [1.807, 2.05) is 6.92 Å². The molecule has 0 radical (unpaired) electrons. The summed E-state index contributed by atoms with van der Waals surface area (Å²) in [5, 5.41) is 3.66. The quantitative estimate of drug-likeness (QED) is 0.444. The van der Waals surface area contributed by atoms with Crippen molar-refractivity contribution in [3.05, 3.63) is 56.8 Å². The van der Waals surface area contributed by atoms with Crippen LogP contribution in [0.1, 0.15) is 22.4 Å². The van der Waals surface area contributed by atoms with Gasteiger partial charge in [0, 0.05) is 33.5 Å². The van der Waals surface area contributed by atoms with E-state index >= 15 is 0 Å². The predicted octanol–water partition coefficient (Wildman–Crippen LogP) is 4.76. The first-order valence-corrected chi connectivity index (χ1v) is 9.39. The second kappa shape index (κ2) is 8.75. The van der Waals surface area contributed by atoms with Gasteiger partial charge in [-0.15, -0.1) is 11.8 Å². The third-order valence-electron chi connectivity index (χ3n) is 3.66. The molecule has 0 saturated carbocycles. The number of nitrogens with zero attached hydrogens (tertiary/aromatic N) is 1. The molecule has 1 N–H and O–H groups in total. The van der Waals surface area contributed by atoms with Gasteiger partial charge in [-0.05, 0) is 50.1 Å². The SMILES string of the molecule is Cc1cc(Cl)c(CC(=O)NCCSc2ccc(C)c(C)c2)c(Cl)n1. The number of carbonyl (C=O) groups is 1. The normalized spacial score (nSPS) is 10.7. The molecule has 0 fully saturated rings. The minimum absolute atomic E-state index is 0.106. The third kappa shape index (κ3) is 5.40. The van der Waals surface area contributed by atoms with Crippen LogP contribution in [0.4, 0.5) is 0 Å². The Morgan fingerprint density at radius 3 is 2.58 bits per heavy atom. The highest BCUT2D eigenvalue weighted by Gasteiger charge is 2.12. The Kier molecular flexibility index (Phi) is 6.96. The van der Waals surface area contributed by atoms with E-state index in [0.717, 1.165) is 11.4 Å². The summed E-state index contributed by atoms with van der Waals surface area (Å²) in [6, 6.07) is 8.10. The van der Waals surface area contributed by atoms with Crippen LogP contribution in [0, 0.1) is 20.8 Å². The van der Waals surface area contributed by atoms with E-state index in [1.54, 1.807) is 17.8 Å². The lowest BCUT2D eigenvalue weighted by Gasteiger charge is -2.09. The molecule has 2 rings (SSSR count). The molecule has 24 heavy (non-hydrogen) atoms. The number of amides is 1. The first kappa shape index (κ1) is 19.1. The summed E-state index contributed by atoms with van der Waals surface area (Å²) >= 11 is 13.9. The molecule has 1 aromatic heterocycles. The van der Waals surface area contributed by atoms with Crippen molar-refractivity contribution in [2.75, 3.05) is 12.3 Å².